The Bertz CT molecular complexity index is 431. The molecule has 0 heterocycles. The molecule has 1 aromatic rings. The van der Waals surface area contributed by atoms with Crippen molar-refractivity contribution in [3.05, 3.63) is 29.8 Å². The molecule has 4 nitrogen and oxygen atoms in total. The highest BCUT2D eigenvalue weighted by molar-refractivity contribution is 7.80. The van der Waals surface area contributed by atoms with Gasteiger partial charge in [0.2, 0.25) is 0 Å². The molecule has 1 rings (SSSR count). The zero-order chi connectivity index (χ0) is 13.5. The van der Waals surface area contributed by atoms with Crippen LogP contribution in [0.4, 0.5) is 0 Å². The second kappa shape index (κ2) is 7.06. The summed E-state index contributed by atoms with van der Waals surface area (Å²) in [5.74, 6) is -0.0809. The SMILES string of the molecule is CC(=O)c1cccc(OC(CCCS)C(=O)O)c1. The molecule has 5 heteroatoms. The average molecular weight is 268 g/mol. The van der Waals surface area contributed by atoms with Gasteiger partial charge in [0.1, 0.15) is 5.75 Å². The van der Waals surface area contributed by atoms with Gasteiger partial charge in [0.05, 0.1) is 0 Å². The largest absolute Gasteiger partial charge is 0.479 e. The van der Waals surface area contributed by atoms with Gasteiger partial charge in [0.15, 0.2) is 11.9 Å². The van der Waals surface area contributed by atoms with Crippen LogP contribution in [0, 0.1) is 0 Å². The van der Waals surface area contributed by atoms with Crippen LogP contribution in [0.2, 0.25) is 0 Å². The van der Waals surface area contributed by atoms with Crippen LogP contribution in [0.1, 0.15) is 30.1 Å². The minimum atomic E-state index is -1.01. The lowest BCUT2D eigenvalue weighted by molar-refractivity contribution is -0.145. The number of ketones is 1. The number of Topliss-reactive ketones (excluding diaryl/α,β-unsaturated/α-hetero) is 1. The minimum absolute atomic E-state index is 0.0808. The molecule has 0 radical (unpaired) electrons. The monoisotopic (exact) mass is 268 g/mol. The molecule has 0 bridgehead atoms. The summed E-state index contributed by atoms with van der Waals surface area (Å²) in [5, 5.41) is 9.02. The Labute approximate surface area is 111 Å². The first-order valence-corrected chi connectivity index (χ1v) is 6.29. The second-order valence-corrected chi connectivity index (χ2v) is 4.34. The molecule has 0 aliphatic carbocycles. The van der Waals surface area contributed by atoms with Crippen molar-refractivity contribution in [3.8, 4) is 5.75 Å². The van der Waals surface area contributed by atoms with Crippen LogP contribution in [0.5, 0.6) is 5.75 Å². The Kier molecular flexibility index (Phi) is 5.71. The van der Waals surface area contributed by atoms with Crippen molar-refractivity contribution in [2.24, 2.45) is 0 Å². The van der Waals surface area contributed by atoms with E-state index in [1.807, 2.05) is 0 Å². The van der Waals surface area contributed by atoms with E-state index in [0.29, 0.717) is 29.9 Å². The first-order valence-electron chi connectivity index (χ1n) is 5.66. The van der Waals surface area contributed by atoms with Crippen LogP contribution >= 0.6 is 12.6 Å². The van der Waals surface area contributed by atoms with E-state index in [0.717, 1.165) is 0 Å². The van der Waals surface area contributed by atoms with E-state index in [1.165, 1.54) is 6.92 Å². The van der Waals surface area contributed by atoms with Gasteiger partial charge >= 0.3 is 5.97 Å². The highest BCUT2D eigenvalue weighted by Crippen LogP contribution is 2.17. The van der Waals surface area contributed by atoms with E-state index >= 15 is 0 Å². The summed E-state index contributed by atoms with van der Waals surface area (Å²) in [6, 6.07) is 6.53. The fraction of sp³-hybridized carbons (Fsp3) is 0.385. The Hall–Kier alpha value is -1.49. The molecule has 0 aliphatic rings. The maximum atomic E-state index is 11.2. The van der Waals surface area contributed by atoms with Crippen molar-refractivity contribution in [1.82, 2.24) is 0 Å². The van der Waals surface area contributed by atoms with E-state index in [9.17, 15) is 9.59 Å². The summed E-state index contributed by atoms with van der Waals surface area (Å²) in [6.45, 7) is 1.45. The van der Waals surface area contributed by atoms with Gasteiger partial charge in [-0.05, 0) is 37.7 Å². The molecule has 0 saturated heterocycles. The molecule has 1 atom stereocenters. The van der Waals surface area contributed by atoms with E-state index in [2.05, 4.69) is 12.6 Å². The van der Waals surface area contributed by atoms with Gasteiger partial charge in [0.25, 0.3) is 0 Å². The predicted molar refractivity (Wildman–Crippen MR) is 71.6 cm³/mol. The van der Waals surface area contributed by atoms with Crippen LogP contribution in [0.3, 0.4) is 0 Å². The van der Waals surface area contributed by atoms with Crippen molar-refractivity contribution in [2.75, 3.05) is 5.75 Å². The maximum absolute atomic E-state index is 11.2. The van der Waals surface area contributed by atoms with Gasteiger partial charge in [0, 0.05) is 5.56 Å². The summed E-state index contributed by atoms with van der Waals surface area (Å²) in [5.41, 5.74) is 0.505. The fourth-order valence-corrected chi connectivity index (χ4v) is 1.64. The molecule has 0 aromatic heterocycles. The fourth-order valence-electron chi connectivity index (χ4n) is 1.46. The van der Waals surface area contributed by atoms with E-state index in [-0.39, 0.29) is 5.78 Å². The third-order valence-electron chi connectivity index (χ3n) is 2.42. The molecule has 98 valence electrons. The first-order chi connectivity index (χ1) is 8.54. The predicted octanol–water partition coefficient (Wildman–Crippen LogP) is 2.43. The van der Waals surface area contributed by atoms with Gasteiger partial charge in [-0.1, -0.05) is 12.1 Å². The summed E-state index contributed by atoms with van der Waals surface area (Å²) >= 11 is 4.04. The van der Waals surface area contributed by atoms with Gasteiger partial charge in [-0.2, -0.15) is 12.6 Å². The summed E-state index contributed by atoms with van der Waals surface area (Å²) < 4.78 is 5.38. The molecule has 1 N–H and O–H groups in total. The van der Waals surface area contributed by atoms with Crippen LogP contribution in [-0.4, -0.2) is 28.7 Å². The smallest absolute Gasteiger partial charge is 0.344 e. The van der Waals surface area contributed by atoms with Crippen molar-refractivity contribution in [2.45, 2.75) is 25.9 Å². The van der Waals surface area contributed by atoms with E-state index < -0.39 is 12.1 Å². The van der Waals surface area contributed by atoms with Crippen molar-refractivity contribution in [1.29, 1.82) is 0 Å². The van der Waals surface area contributed by atoms with Crippen LogP contribution in [0.25, 0.3) is 0 Å². The zero-order valence-electron chi connectivity index (χ0n) is 10.1. The zero-order valence-corrected chi connectivity index (χ0v) is 11.0. The molecule has 0 fully saturated rings. The minimum Gasteiger partial charge on any atom is -0.479 e. The molecule has 18 heavy (non-hydrogen) atoms. The normalized spacial score (nSPS) is 11.9. The quantitative estimate of drug-likeness (QED) is 0.589. The van der Waals surface area contributed by atoms with Crippen molar-refractivity contribution >= 4 is 24.4 Å². The second-order valence-electron chi connectivity index (χ2n) is 3.89. The molecular formula is C13H16O4S. The number of carbonyl (C=O) groups is 2. The van der Waals surface area contributed by atoms with Gasteiger partial charge < -0.3 is 9.84 Å². The maximum Gasteiger partial charge on any atom is 0.344 e. The number of ether oxygens (including phenoxy) is 1. The van der Waals surface area contributed by atoms with Crippen LogP contribution in [-0.2, 0) is 4.79 Å². The number of hydrogen-bond donors (Lipinski definition) is 2. The molecule has 0 aliphatic heterocycles. The number of rotatable bonds is 7. The van der Waals surface area contributed by atoms with Crippen molar-refractivity contribution < 1.29 is 19.4 Å². The third kappa shape index (κ3) is 4.41. The van der Waals surface area contributed by atoms with E-state index in [1.54, 1.807) is 24.3 Å². The van der Waals surface area contributed by atoms with E-state index in [4.69, 9.17) is 9.84 Å². The standard InChI is InChI=1S/C13H16O4S/c1-9(14)10-4-2-5-11(8-10)17-12(13(15)16)6-3-7-18/h2,4-5,8,12,18H,3,6-7H2,1H3,(H,15,16). The van der Waals surface area contributed by atoms with Crippen LogP contribution in [0.15, 0.2) is 24.3 Å². The molecule has 0 spiro atoms. The van der Waals surface area contributed by atoms with Crippen LogP contribution < -0.4 is 4.74 Å². The van der Waals surface area contributed by atoms with Gasteiger partial charge in [-0.3, -0.25) is 4.79 Å². The lowest BCUT2D eigenvalue weighted by Crippen LogP contribution is -2.27. The molecule has 0 saturated carbocycles. The summed E-state index contributed by atoms with van der Waals surface area (Å²) in [7, 11) is 0. The number of carboxylic acid groups (broad SMARTS) is 1. The molecule has 1 aromatic carbocycles. The molecule has 1 unspecified atom stereocenters. The third-order valence-corrected chi connectivity index (χ3v) is 2.73. The number of hydrogen-bond acceptors (Lipinski definition) is 4. The summed E-state index contributed by atoms with van der Waals surface area (Å²) in [4.78, 5) is 22.2. The average Bonchev–Trinajstić information content (AvgIpc) is 2.34. The number of carbonyl (C=O) groups excluding carboxylic acids is 1. The molecular weight excluding hydrogens is 252 g/mol. The number of thiol groups is 1. The first kappa shape index (κ1) is 14.6. The number of aliphatic carboxylic acids is 1. The Morgan fingerprint density at radius 2 is 2.17 bits per heavy atom. The molecule has 0 amide bonds. The lowest BCUT2D eigenvalue weighted by Gasteiger charge is -2.15. The van der Waals surface area contributed by atoms with Crippen molar-refractivity contribution in [3.63, 3.8) is 0 Å². The Balaban J connectivity index is 2.77. The summed E-state index contributed by atoms with van der Waals surface area (Å²) in [6.07, 6.45) is 0.148. The Morgan fingerprint density at radius 1 is 1.44 bits per heavy atom. The lowest BCUT2D eigenvalue weighted by atomic mass is 10.1. The number of carboxylic acids is 1. The topological polar surface area (TPSA) is 63.6 Å². The highest BCUT2D eigenvalue weighted by Gasteiger charge is 2.18. The highest BCUT2D eigenvalue weighted by atomic mass is 32.1. The van der Waals surface area contributed by atoms with Gasteiger partial charge in [-0.25, -0.2) is 4.79 Å². The number of benzene rings is 1. The Morgan fingerprint density at radius 3 is 2.72 bits per heavy atom. The van der Waals surface area contributed by atoms with Gasteiger partial charge in [-0.15, -0.1) is 0 Å².